The van der Waals surface area contributed by atoms with E-state index < -0.39 is 0 Å². The highest BCUT2D eigenvalue weighted by Gasteiger charge is 2.06. The number of halogens is 1. The van der Waals surface area contributed by atoms with Gasteiger partial charge in [-0.3, -0.25) is 0 Å². The summed E-state index contributed by atoms with van der Waals surface area (Å²) in [6.45, 7) is 0.159. The summed E-state index contributed by atoms with van der Waals surface area (Å²) in [5.41, 5.74) is 0. The third-order valence-electron chi connectivity index (χ3n) is 1.23. The molecule has 3 heteroatoms. The van der Waals surface area contributed by atoms with Crippen molar-refractivity contribution in [2.75, 3.05) is 6.61 Å². The minimum absolute atomic E-state index is 0.00926. The first kappa shape index (κ1) is 8.05. The maximum Gasteiger partial charge on any atom is 0.0700 e. The van der Waals surface area contributed by atoms with Crippen LogP contribution < -0.4 is 0 Å². The van der Waals surface area contributed by atoms with Crippen LogP contribution in [-0.4, -0.2) is 11.7 Å². The van der Waals surface area contributed by atoms with Gasteiger partial charge in [0.15, 0.2) is 0 Å². The van der Waals surface area contributed by atoms with Gasteiger partial charge in [-0.15, -0.1) is 22.9 Å². The van der Waals surface area contributed by atoms with Crippen molar-refractivity contribution in [1.29, 1.82) is 0 Å². The number of hydrogen-bond acceptors (Lipinski definition) is 2. The lowest BCUT2D eigenvalue weighted by molar-refractivity contribution is 0.287. The average molecular weight is 177 g/mol. The zero-order chi connectivity index (χ0) is 7.40. The summed E-state index contributed by atoms with van der Waals surface area (Å²) in [7, 11) is 0. The summed E-state index contributed by atoms with van der Waals surface area (Å²) in [4.78, 5) is 1.13. The zero-order valence-electron chi connectivity index (χ0n) is 5.46. The summed E-state index contributed by atoms with van der Waals surface area (Å²) in [6.07, 6.45) is 0.641. The Labute approximate surface area is 69.3 Å². The monoisotopic (exact) mass is 176 g/mol. The van der Waals surface area contributed by atoms with Crippen LogP contribution in [0.5, 0.6) is 0 Å². The number of hydrogen-bond donors (Lipinski definition) is 1. The molecule has 0 spiro atoms. The van der Waals surface area contributed by atoms with Crippen LogP contribution in [-0.2, 0) is 0 Å². The van der Waals surface area contributed by atoms with Crippen LogP contribution >= 0.6 is 22.9 Å². The highest BCUT2D eigenvalue weighted by molar-refractivity contribution is 7.10. The van der Waals surface area contributed by atoms with Gasteiger partial charge in [-0.1, -0.05) is 6.07 Å². The van der Waals surface area contributed by atoms with Crippen LogP contribution in [0, 0.1) is 0 Å². The van der Waals surface area contributed by atoms with Crippen molar-refractivity contribution in [3.05, 3.63) is 22.4 Å². The molecule has 0 bridgehead atoms. The molecule has 1 nitrogen and oxygen atoms in total. The summed E-state index contributed by atoms with van der Waals surface area (Å²) in [6, 6.07) is 3.95. The molecule has 1 aromatic heterocycles. The molecular formula is C7H9ClOS. The van der Waals surface area contributed by atoms with E-state index in [1.165, 1.54) is 0 Å². The fourth-order valence-electron chi connectivity index (χ4n) is 0.725. The first-order chi connectivity index (χ1) is 4.84. The Kier molecular flexibility index (Phi) is 3.19. The van der Waals surface area contributed by atoms with Crippen molar-refractivity contribution in [3.8, 4) is 0 Å². The second-order valence-electron chi connectivity index (χ2n) is 2.00. The van der Waals surface area contributed by atoms with Gasteiger partial charge in [0.2, 0.25) is 0 Å². The molecule has 0 radical (unpaired) electrons. The lowest BCUT2D eigenvalue weighted by Crippen LogP contribution is -1.90. The lowest BCUT2D eigenvalue weighted by Gasteiger charge is -2.02. The van der Waals surface area contributed by atoms with Gasteiger partial charge >= 0.3 is 0 Å². The highest BCUT2D eigenvalue weighted by Crippen LogP contribution is 2.27. The molecule has 0 aromatic carbocycles. The summed E-state index contributed by atoms with van der Waals surface area (Å²) in [5, 5.41) is 10.5. The Morgan fingerprint density at radius 1 is 1.70 bits per heavy atom. The molecule has 1 unspecified atom stereocenters. The molecular weight excluding hydrogens is 168 g/mol. The third kappa shape index (κ3) is 1.97. The quantitative estimate of drug-likeness (QED) is 0.702. The van der Waals surface area contributed by atoms with Gasteiger partial charge in [0.25, 0.3) is 0 Å². The van der Waals surface area contributed by atoms with Crippen LogP contribution in [0.4, 0.5) is 0 Å². The van der Waals surface area contributed by atoms with E-state index in [0.29, 0.717) is 6.42 Å². The SMILES string of the molecule is OCCC(Cl)c1cccs1. The predicted octanol–water partition coefficient (Wildman–Crippen LogP) is 2.41. The lowest BCUT2D eigenvalue weighted by atomic mass is 10.3. The molecule has 1 atom stereocenters. The number of thiophene rings is 1. The molecule has 0 amide bonds. The van der Waals surface area contributed by atoms with E-state index in [0.717, 1.165) is 4.88 Å². The normalized spacial score (nSPS) is 13.4. The van der Waals surface area contributed by atoms with Crippen molar-refractivity contribution in [3.63, 3.8) is 0 Å². The summed E-state index contributed by atoms with van der Waals surface area (Å²) in [5.74, 6) is 0. The molecule has 1 heterocycles. The van der Waals surface area contributed by atoms with Crippen molar-refractivity contribution < 1.29 is 5.11 Å². The fourth-order valence-corrected chi connectivity index (χ4v) is 1.79. The Hall–Kier alpha value is -0.0500. The molecule has 56 valence electrons. The molecule has 0 saturated carbocycles. The molecule has 1 aromatic rings. The molecule has 10 heavy (non-hydrogen) atoms. The third-order valence-corrected chi connectivity index (χ3v) is 2.80. The molecule has 0 saturated heterocycles. The highest BCUT2D eigenvalue weighted by atomic mass is 35.5. The molecule has 1 rings (SSSR count). The summed E-state index contributed by atoms with van der Waals surface area (Å²) < 4.78 is 0. The summed E-state index contributed by atoms with van der Waals surface area (Å²) >= 11 is 7.53. The van der Waals surface area contributed by atoms with Crippen molar-refractivity contribution >= 4 is 22.9 Å². The number of aliphatic hydroxyl groups is 1. The van der Waals surface area contributed by atoms with Crippen molar-refractivity contribution in [2.24, 2.45) is 0 Å². The van der Waals surface area contributed by atoms with Gasteiger partial charge in [0.05, 0.1) is 5.38 Å². The first-order valence-corrected chi connectivity index (χ1v) is 4.44. The van der Waals surface area contributed by atoms with E-state index in [-0.39, 0.29) is 12.0 Å². The molecule has 0 aliphatic heterocycles. The van der Waals surface area contributed by atoms with Crippen LogP contribution in [0.25, 0.3) is 0 Å². The van der Waals surface area contributed by atoms with Crippen molar-refractivity contribution in [2.45, 2.75) is 11.8 Å². The van der Waals surface area contributed by atoms with Crippen LogP contribution in [0.1, 0.15) is 16.7 Å². The van der Waals surface area contributed by atoms with E-state index in [2.05, 4.69) is 0 Å². The van der Waals surface area contributed by atoms with Gasteiger partial charge in [-0.25, -0.2) is 0 Å². The van der Waals surface area contributed by atoms with Crippen LogP contribution in [0.2, 0.25) is 0 Å². The van der Waals surface area contributed by atoms with Gasteiger partial charge in [0, 0.05) is 11.5 Å². The first-order valence-electron chi connectivity index (χ1n) is 3.13. The second kappa shape index (κ2) is 3.96. The molecule has 1 N–H and O–H groups in total. The van der Waals surface area contributed by atoms with Gasteiger partial charge in [-0.05, 0) is 17.9 Å². The van der Waals surface area contributed by atoms with Crippen LogP contribution in [0.15, 0.2) is 17.5 Å². The largest absolute Gasteiger partial charge is 0.396 e. The minimum Gasteiger partial charge on any atom is -0.396 e. The Morgan fingerprint density at radius 2 is 2.50 bits per heavy atom. The predicted molar refractivity (Wildman–Crippen MR) is 44.6 cm³/mol. The Balaban J connectivity index is 2.50. The van der Waals surface area contributed by atoms with Gasteiger partial charge in [0.1, 0.15) is 0 Å². The molecule has 0 aliphatic rings. The fraction of sp³-hybridized carbons (Fsp3) is 0.429. The Morgan fingerprint density at radius 3 is 3.00 bits per heavy atom. The van der Waals surface area contributed by atoms with E-state index in [4.69, 9.17) is 16.7 Å². The van der Waals surface area contributed by atoms with E-state index in [9.17, 15) is 0 Å². The topological polar surface area (TPSA) is 20.2 Å². The van der Waals surface area contributed by atoms with E-state index >= 15 is 0 Å². The second-order valence-corrected chi connectivity index (χ2v) is 3.50. The smallest absolute Gasteiger partial charge is 0.0700 e. The van der Waals surface area contributed by atoms with Gasteiger partial charge in [-0.2, -0.15) is 0 Å². The van der Waals surface area contributed by atoms with Crippen LogP contribution in [0.3, 0.4) is 0 Å². The minimum atomic E-state index is -0.00926. The van der Waals surface area contributed by atoms with Gasteiger partial charge < -0.3 is 5.11 Å². The standard InChI is InChI=1S/C7H9ClOS/c8-6(3-4-9)7-2-1-5-10-7/h1-2,5-6,9H,3-4H2. The number of alkyl halides is 1. The zero-order valence-corrected chi connectivity index (χ0v) is 7.03. The molecule has 0 aliphatic carbocycles. The Bertz CT molecular complexity index is 174. The van der Waals surface area contributed by atoms with E-state index in [1.54, 1.807) is 11.3 Å². The van der Waals surface area contributed by atoms with Crippen molar-refractivity contribution in [1.82, 2.24) is 0 Å². The maximum absolute atomic E-state index is 8.56. The number of aliphatic hydroxyl groups excluding tert-OH is 1. The average Bonchev–Trinajstić information content (AvgIpc) is 2.38. The van der Waals surface area contributed by atoms with E-state index in [1.807, 2.05) is 17.5 Å². The maximum atomic E-state index is 8.56. The number of rotatable bonds is 3. The molecule has 0 fully saturated rings.